The van der Waals surface area contributed by atoms with Gasteiger partial charge in [0.1, 0.15) is 0 Å². The molecular formula is C9H15NO2S. The highest BCUT2D eigenvalue weighted by atomic mass is 32.2. The maximum absolute atomic E-state index is 11.3. The van der Waals surface area contributed by atoms with Gasteiger partial charge in [-0.3, -0.25) is 4.79 Å². The lowest BCUT2D eigenvalue weighted by Crippen LogP contribution is -2.45. The summed E-state index contributed by atoms with van der Waals surface area (Å²) in [6.07, 6.45) is 4.37. The molecule has 13 heavy (non-hydrogen) atoms. The maximum atomic E-state index is 11.3. The fraction of sp³-hybridized carbons (Fsp3) is 0.667. The quantitative estimate of drug-likeness (QED) is 0.696. The summed E-state index contributed by atoms with van der Waals surface area (Å²) < 4.78 is 5.22. The highest BCUT2D eigenvalue weighted by Gasteiger charge is 2.30. The largest absolute Gasteiger partial charge is 0.379 e. The van der Waals surface area contributed by atoms with Crippen LogP contribution in [0.25, 0.3) is 0 Å². The number of hydrogen-bond donors (Lipinski definition) is 1. The van der Waals surface area contributed by atoms with Crippen molar-refractivity contribution in [3.8, 4) is 0 Å². The van der Waals surface area contributed by atoms with Crippen LogP contribution < -0.4 is 5.32 Å². The summed E-state index contributed by atoms with van der Waals surface area (Å²) in [6, 6.07) is 0. The molecule has 4 heteroatoms. The van der Waals surface area contributed by atoms with Gasteiger partial charge in [0.2, 0.25) is 5.91 Å². The first-order valence-electron chi connectivity index (χ1n) is 4.25. The number of rotatable bonds is 3. The topological polar surface area (TPSA) is 38.3 Å². The molecular weight excluding hydrogens is 186 g/mol. The predicted octanol–water partition coefficient (Wildman–Crippen LogP) is 1.16. The molecule has 1 unspecified atom stereocenters. The summed E-state index contributed by atoms with van der Waals surface area (Å²) in [7, 11) is 0. The van der Waals surface area contributed by atoms with Gasteiger partial charge in [0, 0.05) is 12.7 Å². The van der Waals surface area contributed by atoms with Crippen molar-refractivity contribution in [2.24, 2.45) is 0 Å². The lowest BCUT2D eigenvalue weighted by molar-refractivity contribution is -0.118. The number of ether oxygens (including phenoxy) is 1. The third kappa shape index (κ3) is 3.40. The number of carbonyl (C=O) groups excluding carboxylic acids is 1. The third-order valence-electron chi connectivity index (χ3n) is 2.00. The molecule has 0 aliphatic carbocycles. The van der Waals surface area contributed by atoms with Gasteiger partial charge in [-0.1, -0.05) is 0 Å². The van der Waals surface area contributed by atoms with Crippen LogP contribution in [0.2, 0.25) is 0 Å². The van der Waals surface area contributed by atoms with Gasteiger partial charge in [-0.25, -0.2) is 0 Å². The maximum Gasteiger partial charge on any atom is 0.244 e. The molecule has 0 saturated carbocycles. The summed E-state index contributed by atoms with van der Waals surface area (Å²) in [6.45, 7) is 3.36. The monoisotopic (exact) mass is 201 g/mol. The Kier molecular flexibility index (Phi) is 3.81. The van der Waals surface area contributed by atoms with Crippen molar-refractivity contribution >= 4 is 17.7 Å². The molecule has 0 aromatic carbocycles. The lowest BCUT2D eigenvalue weighted by Gasteiger charge is -2.22. The third-order valence-corrected chi connectivity index (χ3v) is 2.41. The van der Waals surface area contributed by atoms with Crippen LogP contribution in [-0.4, -0.2) is 30.9 Å². The van der Waals surface area contributed by atoms with Crippen LogP contribution in [-0.2, 0) is 9.53 Å². The second-order valence-corrected chi connectivity index (χ2v) is 4.13. The predicted molar refractivity (Wildman–Crippen MR) is 54.6 cm³/mol. The van der Waals surface area contributed by atoms with Crippen LogP contribution in [0.1, 0.15) is 13.3 Å². The van der Waals surface area contributed by atoms with Gasteiger partial charge in [-0.15, -0.1) is 11.8 Å². The molecule has 1 saturated heterocycles. The fourth-order valence-corrected chi connectivity index (χ4v) is 1.49. The van der Waals surface area contributed by atoms with E-state index in [1.807, 2.05) is 13.2 Å². The van der Waals surface area contributed by atoms with Gasteiger partial charge < -0.3 is 10.1 Å². The normalized spacial score (nSPS) is 28.2. The van der Waals surface area contributed by atoms with E-state index in [-0.39, 0.29) is 11.4 Å². The average molecular weight is 201 g/mol. The molecule has 1 heterocycles. The van der Waals surface area contributed by atoms with Crippen LogP contribution in [0.5, 0.6) is 0 Å². The molecule has 1 N–H and O–H groups in total. The molecule has 0 aromatic heterocycles. The number of hydrogen-bond acceptors (Lipinski definition) is 3. The molecule has 0 radical (unpaired) electrons. The van der Waals surface area contributed by atoms with E-state index in [4.69, 9.17) is 4.74 Å². The first kappa shape index (κ1) is 10.6. The van der Waals surface area contributed by atoms with E-state index in [1.54, 1.807) is 11.5 Å². The van der Waals surface area contributed by atoms with Gasteiger partial charge in [-0.2, -0.15) is 0 Å². The highest BCUT2D eigenvalue weighted by Crippen LogP contribution is 2.17. The summed E-state index contributed by atoms with van der Waals surface area (Å²) in [5.74, 6) is -0.0395. The minimum Gasteiger partial charge on any atom is -0.379 e. The molecule has 1 aliphatic heterocycles. The number of amides is 1. The minimum absolute atomic E-state index is 0.0395. The Bertz CT molecular complexity index is 210. The Balaban J connectivity index is 2.38. The lowest BCUT2D eigenvalue weighted by atomic mass is 10.0. The number of carbonyl (C=O) groups is 1. The first-order valence-corrected chi connectivity index (χ1v) is 5.54. The standard InChI is InChI=1S/C9H15NO2S/c1-9(4-5-12-7-9)10-8(11)3-6-13-2/h3,6H,4-5,7H2,1-2H3,(H,10,11)/b6-3+. The van der Waals surface area contributed by atoms with Gasteiger partial charge in [0.15, 0.2) is 0 Å². The summed E-state index contributed by atoms with van der Waals surface area (Å²) in [4.78, 5) is 11.3. The van der Waals surface area contributed by atoms with Crippen molar-refractivity contribution in [2.75, 3.05) is 19.5 Å². The number of thioether (sulfide) groups is 1. The number of nitrogens with one attached hydrogen (secondary N) is 1. The SMILES string of the molecule is CS/C=C/C(=O)NC1(C)CCOC1. The van der Waals surface area contributed by atoms with Crippen LogP contribution in [0.15, 0.2) is 11.5 Å². The zero-order valence-corrected chi connectivity index (χ0v) is 8.82. The van der Waals surface area contributed by atoms with Crippen molar-refractivity contribution in [3.63, 3.8) is 0 Å². The summed E-state index contributed by atoms with van der Waals surface area (Å²) in [5.41, 5.74) is -0.167. The molecule has 0 spiro atoms. The van der Waals surface area contributed by atoms with Crippen molar-refractivity contribution in [3.05, 3.63) is 11.5 Å². The van der Waals surface area contributed by atoms with Crippen LogP contribution >= 0.6 is 11.8 Å². The molecule has 1 aliphatic rings. The van der Waals surface area contributed by atoms with Crippen LogP contribution in [0, 0.1) is 0 Å². The van der Waals surface area contributed by atoms with Gasteiger partial charge in [0.25, 0.3) is 0 Å². The Hall–Kier alpha value is -0.480. The molecule has 0 aromatic rings. The van der Waals surface area contributed by atoms with Crippen LogP contribution in [0.4, 0.5) is 0 Å². The average Bonchev–Trinajstić information content (AvgIpc) is 2.48. The summed E-state index contributed by atoms with van der Waals surface area (Å²) in [5, 5.41) is 4.70. The first-order chi connectivity index (χ1) is 6.16. The molecule has 3 nitrogen and oxygen atoms in total. The molecule has 1 atom stereocenters. The zero-order valence-electron chi connectivity index (χ0n) is 8.00. The van der Waals surface area contributed by atoms with E-state index in [0.717, 1.165) is 13.0 Å². The molecule has 1 amide bonds. The summed E-state index contributed by atoms with van der Waals surface area (Å²) >= 11 is 1.51. The van der Waals surface area contributed by atoms with Gasteiger partial charge in [0.05, 0.1) is 12.1 Å². The molecule has 74 valence electrons. The highest BCUT2D eigenvalue weighted by molar-refractivity contribution is 8.01. The Morgan fingerprint density at radius 1 is 1.69 bits per heavy atom. The van der Waals surface area contributed by atoms with E-state index < -0.39 is 0 Å². The Morgan fingerprint density at radius 3 is 3.00 bits per heavy atom. The van der Waals surface area contributed by atoms with Crippen molar-refractivity contribution in [1.29, 1.82) is 0 Å². The zero-order chi connectivity index (χ0) is 9.73. The second kappa shape index (κ2) is 4.67. The van der Waals surface area contributed by atoms with Gasteiger partial charge in [-0.05, 0) is 25.0 Å². The van der Waals surface area contributed by atoms with E-state index in [2.05, 4.69) is 5.32 Å². The van der Waals surface area contributed by atoms with E-state index >= 15 is 0 Å². The van der Waals surface area contributed by atoms with Crippen molar-refractivity contribution < 1.29 is 9.53 Å². The van der Waals surface area contributed by atoms with Crippen molar-refractivity contribution in [2.45, 2.75) is 18.9 Å². The molecule has 1 rings (SSSR count). The second-order valence-electron chi connectivity index (χ2n) is 3.39. The van der Waals surface area contributed by atoms with E-state index in [9.17, 15) is 4.79 Å². The van der Waals surface area contributed by atoms with E-state index in [0.29, 0.717) is 6.61 Å². The minimum atomic E-state index is -0.167. The van der Waals surface area contributed by atoms with E-state index in [1.165, 1.54) is 11.8 Å². The fourth-order valence-electron chi connectivity index (χ4n) is 1.23. The van der Waals surface area contributed by atoms with Crippen molar-refractivity contribution in [1.82, 2.24) is 5.32 Å². The smallest absolute Gasteiger partial charge is 0.244 e. The Morgan fingerprint density at radius 2 is 2.46 bits per heavy atom. The molecule has 0 bridgehead atoms. The van der Waals surface area contributed by atoms with Crippen LogP contribution in [0.3, 0.4) is 0 Å². The molecule has 1 fully saturated rings. The van der Waals surface area contributed by atoms with Gasteiger partial charge >= 0.3 is 0 Å². The Labute approximate surface area is 82.9 Å².